The summed E-state index contributed by atoms with van der Waals surface area (Å²) in [4.78, 5) is 41.8. The molecular formula is C25H22N2O4. The Labute approximate surface area is 180 Å². The van der Waals surface area contributed by atoms with E-state index in [0.717, 1.165) is 16.0 Å². The maximum Gasteiger partial charge on any atom is 0.266 e. The highest BCUT2D eigenvalue weighted by Gasteiger charge is 2.37. The van der Waals surface area contributed by atoms with E-state index in [4.69, 9.17) is 0 Å². The lowest BCUT2D eigenvalue weighted by molar-refractivity contribution is 0.0925. The summed E-state index contributed by atoms with van der Waals surface area (Å²) in [5.41, 5.74) is 3.94. The maximum atomic E-state index is 13.2. The Balaban J connectivity index is 1.69. The van der Waals surface area contributed by atoms with E-state index in [9.17, 15) is 19.5 Å². The number of imide groups is 1. The summed E-state index contributed by atoms with van der Waals surface area (Å²) in [6, 6.07) is 19.0. The normalized spacial score (nSPS) is 12.8. The van der Waals surface area contributed by atoms with Crippen LogP contribution < -0.4 is 9.80 Å². The van der Waals surface area contributed by atoms with Gasteiger partial charge in [0.05, 0.1) is 23.4 Å². The summed E-state index contributed by atoms with van der Waals surface area (Å²) in [5, 5.41) is 9.43. The van der Waals surface area contributed by atoms with Crippen LogP contribution in [0.1, 0.15) is 42.2 Å². The number of fused-ring (bicyclic) bond motifs is 1. The number of aliphatic hydroxyl groups excluding tert-OH is 1. The highest BCUT2D eigenvalue weighted by atomic mass is 16.3. The minimum absolute atomic E-state index is 0.113. The van der Waals surface area contributed by atoms with Gasteiger partial charge in [-0.1, -0.05) is 24.3 Å². The first-order valence-corrected chi connectivity index (χ1v) is 10.00. The second-order valence-electron chi connectivity index (χ2n) is 7.49. The van der Waals surface area contributed by atoms with Gasteiger partial charge in [-0.3, -0.25) is 14.4 Å². The van der Waals surface area contributed by atoms with Crippen molar-refractivity contribution in [1.29, 1.82) is 0 Å². The number of amides is 3. The minimum atomic E-state index is -0.452. The van der Waals surface area contributed by atoms with E-state index in [1.165, 1.54) is 17.0 Å². The Hall–Kier alpha value is -3.77. The van der Waals surface area contributed by atoms with Gasteiger partial charge in [0.1, 0.15) is 0 Å². The predicted molar refractivity (Wildman–Crippen MR) is 119 cm³/mol. The van der Waals surface area contributed by atoms with Gasteiger partial charge in [-0.2, -0.15) is 0 Å². The van der Waals surface area contributed by atoms with Gasteiger partial charge in [0.2, 0.25) is 0 Å². The van der Waals surface area contributed by atoms with Gasteiger partial charge >= 0.3 is 0 Å². The molecule has 3 aromatic rings. The number of aryl methyl sites for hydroxylation is 2. The quantitative estimate of drug-likeness (QED) is 0.645. The molecule has 0 saturated carbocycles. The first-order chi connectivity index (χ1) is 14.9. The first-order valence-electron chi connectivity index (χ1n) is 10.00. The van der Waals surface area contributed by atoms with Crippen LogP contribution in [0, 0.1) is 13.8 Å². The topological polar surface area (TPSA) is 77.9 Å². The van der Waals surface area contributed by atoms with Crippen LogP contribution in [0.3, 0.4) is 0 Å². The summed E-state index contributed by atoms with van der Waals surface area (Å²) in [5.74, 6) is -1.21. The third-order valence-electron chi connectivity index (χ3n) is 5.52. The minimum Gasteiger partial charge on any atom is -0.395 e. The van der Waals surface area contributed by atoms with Crippen LogP contribution in [0.15, 0.2) is 66.7 Å². The lowest BCUT2D eigenvalue weighted by atomic mass is 10.0. The molecule has 3 aromatic carbocycles. The molecule has 0 spiro atoms. The number of carbonyl (C=O) groups is 3. The zero-order valence-corrected chi connectivity index (χ0v) is 17.3. The molecule has 156 valence electrons. The molecule has 31 heavy (non-hydrogen) atoms. The molecule has 6 nitrogen and oxygen atoms in total. The Morgan fingerprint density at radius 3 is 2.26 bits per heavy atom. The monoisotopic (exact) mass is 414 g/mol. The standard InChI is InChI=1S/C25H22N2O4/c1-16-8-10-20(14-17(16)2)27-24(30)21-11-9-18(15-22(21)25(27)31)23(29)26(12-13-28)19-6-4-3-5-7-19/h3-11,14-15,28H,12-13H2,1-2H3. The zero-order valence-electron chi connectivity index (χ0n) is 17.3. The van der Waals surface area contributed by atoms with E-state index < -0.39 is 11.8 Å². The van der Waals surface area contributed by atoms with Crippen molar-refractivity contribution in [2.24, 2.45) is 0 Å². The van der Waals surface area contributed by atoms with Crippen LogP contribution in [-0.2, 0) is 0 Å². The molecular weight excluding hydrogens is 392 g/mol. The molecule has 1 heterocycles. The van der Waals surface area contributed by atoms with Crippen LogP contribution in [0.25, 0.3) is 0 Å². The second-order valence-corrected chi connectivity index (χ2v) is 7.49. The molecule has 3 amide bonds. The average Bonchev–Trinajstić information content (AvgIpc) is 3.04. The van der Waals surface area contributed by atoms with Crippen molar-refractivity contribution >= 4 is 29.1 Å². The van der Waals surface area contributed by atoms with Gasteiger partial charge in [-0.15, -0.1) is 0 Å². The molecule has 1 aliphatic heterocycles. The molecule has 0 saturated heterocycles. The number of rotatable bonds is 5. The number of carbonyl (C=O) groups excluding carboxylic acids is 3. The van der Waals surface area contributed by atoms with Crippen LogP contribution in [-0.4, -0.2) is 36.0 Å². The lowest BCUT2D eigenvalue weighted by Crippen LogP contribution is -2.33. The van der Waals surface area contributed by atoms with Crippen LogP contribution >= 0.6 is 0 Å². The van der Waals surface area contributed by atoms with Crippen molar-refractivity contribution in [2.75, 3.05) is 23.0 Å². The maximum absolute atomic E-state index is 13.2. The third kappa shape index (κ3) is 3.62. The largest absolute Gasteiger partial charge is 0.395 e. The number of benzene rings is 3. The Kier molecular flexibility index (Phi) is 5.40. The van der Waals surface area contributed by atoms with Gasteiger partial charge in [0, 0.05) is 17.8 Å². The lowest BCUT2D eigenvalue weighted by Gasteiger charge is -2.22. The van der Waals surface area contributed by atoms with Crippen molar-refractivity contribution in [2.45, 2.75) is 13.8 Å². The molecule has 1 N–H and O–H groups in total. The van der Waals surface area contributed by atoms with E-state index in [-0.39, 0.29) is 35.7 Å². The highest BCUT2D eigenvalue weighted by molar-refractivity contribution is 6.34. The Bertz CT molecular complexity index is 1190. The molecule has 0 bridgehead atoms. The number of aliphatic hydroxyl groups is 1. The van der Waals surface area contributed by atoms with E-state index in [0.29, 0.717) is 11.4 Å². The van der Waals surface area contributed by atoms with E-state index in [1.807, 2.05) is 32.0 Å². The fourth-order valence-corrected chi connectivity index (χ4v) is 3.68. The number of hydrogen-bond donors (Lipinski definition) is 1. The molecule has 0 unspecified atom stereocenters. The van der Waals surface area contributed by atoms with Crippen molar-refractivity contribution < 1.29 is 19.5 Å². The summed E-state index contributed by atoms with van der Waals surface area (Å²) in [6.07, 6.45) is 0. The van der Waals surface area contributed by atoms with Gasteiger partial charge in [-0.25, -0.2) is 4.90 Å². The zero-order chi connectivity index (χ0) is 22.1. The molecule has 0 radical (unpaired) electrons. The van der Waals surface area contributed by atoms with E-state index in [2.05, 4.69) is 0 Å². The van der Waals surface area contributed by atoms with Crippen LogP contribution in [0.2, 0.25) is 0 Å². The van der Waals surface area contributed by atoms with E-state index in [1.54, 1.807) is 36.4 Å². The number of nitrogens with zero attached hydrogens (tertiary/aromatic N) is 2. The van der Waals surface area contributed by atoms with Gasteiger partial charge < -0.3 is 10.0 Å². The highest BCUT2D eigenvalue weighted by Crippen LogP contribution is 2.30. The van der Waals surface area contributed by atoms with Gasteiger partial charge in [0.15, 0.2) is 0 Å². The van der Waals surface area contributed by atoms with Crippen molar-refractivity contribution in [3.8, 4) is 0 Å². The average molecular weight is 414 g/mol. The molecule has 0 fully saturated rings. The van der Waals surface area contributed by atoms with Gasteiger partial charge in [0.25, 0.3) is 17.7 Å². The summed E-state index contributed by atoms with van der Waals surface area (Å²) < 4.78 is 0. The van der Waals surface area contributed by atoms with Crippen LogP contribution in [0.5, 0.6) is 0 Å². The fourth-order valence-electron chi connectivity index (χ4n) is 3.68. The third-order valence-corrected chi connectivity index (χ3v) is 5.52. The summed E-state index contributed by atoms with van der Waals surface area (Å²) in [7, 11) is 0. The first kappa shape index (κ1) is 20.5. The van der Waals surface area contributed by atoms with Crippen molar-refractivity contribution in [3.63, 3.8) is 0 Å². The number of para-hydroxylation sites is 1. The fraction of sp³-hybridized carbons (Fsp3) is 0.160. The smallest absolute Gasteiger partial charge is 0.266 e. The molecule has 1 aliphatic rings. The molecule has 0 atom stereocenters. The number of hydrogen-bond acceptors (Lipinski definition) is 4. The summed E-state index contributed by atoms with van der Waals surface area (Å²) in [6.45, 7) is 3.79. The Morgan fingerprint density at radius 1 is 0.871 bits per heavy atom. The molecule has 4 rings (SSSR count). The van der Waals surface area contributed by atoms with Crippen LogP contribution in [0.4, 0.5) is 11.4 Å². The SMILES string of the molecule is Cc1ccc(N2C(=O)c3ccc(C(=O)N(CCO)c4ccccc4)cc3C2=O)cc1C. The molecule has 6 heteroatoms. The summed E-state index contributed by atoms with van der Waals surface area (Å²) >= 11 is 0. The Morgan fingerprint density at radius 2 is 1.58 bits per heavy atom. The van der Waals surface area contributed by atoms with E-state index >= 15 is 0 Å². The molecule has 0 aromatic heterocycles. The van der Waals surface area contributed by atoms with Gasteiger partial charge in [-0.05, 0) is 67.4 Å². The number of anilines is 2. The molecule has 0 aliphatic carbocycles. The van der Waals surface area contributed by atoms with Crippen molar-refractivity contribution in [3.05, 3.63) is 94.5 Å². The second kappa shape index (κ2) is 8.16. The van der Waals surface area contributed by atoms with Crippen molar-refractivity contribution in [1.82, 2.24) is 0 Å². The predicted octanol–water partition coefficient (Wildman–Crippen LogP) is 3.74.